The van der Waals surface area contributed by atoms with Gasteiger partial charge in [0, 0.05) is 13.7 Å². The van der Waals surface area contributed by atoms with Gasteiger partial charge in [-0.2, -0.15) is 0 Å². The average molecular weight is 140 g/mol. The van der Waals surface area contributed by atoms with Crippen molar-refractivity contribution >= 4 is 12.4 Å². The van der Waals surface area contributed by atoms with Crippen LogP contribution in [0, 0.1) is 0 Å². The minimum Gasteiger partial charge on any atom is -0.385 e. The molecule has 0 unspecified atom stereocenters. The highest BCUT2D eigenvalue weighted by Crippen LogP contribution is 1.73. The van der Waals surface area contributed by atoms with Gasteiger partial charge in [0.05, 0.1) is 0 Å². The first-order chi connectivity index (χ1) is 3.41. The molecule has 52 valence electrons. The van der Waals surface area contributed by atoms with Crippen LogP contribution in [0.15, 0.2) is 0 Å². The van der Waals surface area contributed by atoms with E-state index in [2.05, 4.69) is 5.32 Å². The van der Waals surface area contributed by atoms with E-state index >= 15 is 0 Å². The molecule has 0 atom stereocenters. The first-order valence-corrected chi connectivity index (χ1v) is 2.55. The smallest absolute Gasteiger partial charge is 0.0474 e. The van der Waals surface area contributed by atoms with Crippen LogP contribution in [-0.2, 0) is 4.74 Å². The predicted molar refractivity (Wildman–Crippen MR) is 37.7 cm³/mol. The van der Waals surface area contributed by atoms with Crippen LogP contribution in [-0.4, -0.2) is 27.3 Å². The van der Waals surface area contributed by atoms with Gasteiger partial charge in [-0.3, -0.25) is 0 Å². The van der Waals surface area contributed by atoms with Gasteiger partial charge in [-0.1, -0.05) is 0 Å². The molecule has 0 aliphatic rings. The maximum Gasteiger partial charge on any atom is 0.0474 e. The molecule has 0 bridgehead atoms. The third kappa shape index (κ3) is 9.51. The molecule has 0 saturated carbocycles. The first kappa shape index (κ1) is 11.1. The first-order valence-electron chi connectivity index (χ1n) is 2.55. The zero-order valence-corrected chi connectivity index (χ0v) is 6.25. The fourth-order valence-corrected chi connectivity index (χ4v) is 0.393. The summed E-state index contributed by atoms with van der Waals surface area (Å²) < 4.78 is 4.80. The van der Waals surface area contributed by atoms with Crippen LogP contribution in [0.2, 0.25) is 0 Å². The topological polar surface area (TPSA) is 21.3 Å². The fraction of sp³-hybridized carbons (Fsp3) is 1.00. The highest BCUT2D eigenvalue weighted by Gasteiger charge is 1.78. The molecule has 3 heteroatoms. The second kappa shape index (κ2) is 10.2. The third-order valence-electron chi connectivity index (χ3n) is 0.775. The molecule has 0 rings (SSSR count). The van der Waals surface area contributed by atoms with E-state index in [1.807, 2.05) is 7.05 Å². The Kier molecular flexibility index (Phi) is 14.2. The Hall–Kier alpha value is 0.210. The average Bonchev–Trinajstić information content (AvgIpc) is 1.69. The maximum atomic E-state index is 4.80. The molecule has 8 heavy (non-hydrogen) atoms. The summed E-state index contributed by atoms with van der Waals surface area (Å²) in [5.41, 5.74) is 0. The summed E-state index contributed by atoms with van der Waals surface area (Å²) in [6.45, 7) is 1.91. The van der Waals surface area contributed by atoms with E-state index in [-0.39, 0.29) is 12.4 Å². The molecule has 0 radical (unpaired) electrons. The molecule has 0 aliphatic heterocycles. The summed E-state index contributed by atoms with van der Waals surface area (Å²) >= 11 is 0. The lowest BCUT2D eigenvalue weighted by Gasteiger charge is -1.94. The van der Waals surface area contributed by atoms with Crippen LogP contribution in [0.4, 0.5) is 0 Å². The summed E-state index contributed by atoms with van der Waals surface area (Å²) in [4.78, 5) is 0. The summed E-state index contributed by atoms with van der Waals surface area (Å²) in [7, 11) is 3.66. The molecule has 0 fully saturated rings. The molecule has 0 heterocycles. The van der Waals surface area contributed by atoms with E-state index in [0.717, 1.165) is 19.6 Å². The van der Waals surface area contributed by atoms with Crippen LogP contribution < -0.4 is 5.32 Å². The molecule has 0 saturated heterocycles. The van der Waals surface area contributed by atoms with Gasteiger partial charge in [-0.15, -0.1) is 12.4 Å². The third-order valence-corrected chi connectivity index (χ3v) is 0.775. The van der Waals surface area contributed by atoms with Crippen LogP contribution in [0.5, 0.6) is 0 Å². The Morgan fingerprint density at radius 2 is 2.12 bits per heavy atom. The van der Waals surface area contributed by atoms with Gasteiger partial charge < -0.3 is 10.1 Å². The second-order valence-electron chi connectivity index (χ2n) is 1.45. The van der Waals surface area contributed by atoms with E-state index in [4.69, 9.17) is 4.74 Å². The molecule has 0 aromatic heterocycles. The van der Waals surface area contributed by atoms with Crippen molar-refractivity contribution < 1.29 is 4.74 Å². The Morgan fingerprint density at radius 3 is 2.50 bits per heavy atom. The summed E-state index contributed by atoms with van der Waals surface area (Å²) in [5.74, 6) is 0. The van der Waals surface area contributed by atoms with Gasteiger partial charge in [0.1, 0.15) is 0 Å². The normalized spacial score (nSPS) is 8.25. The quantitative estimate of drug-likeness (QED) is 0.578. The molecule has 1 N–H and O–H groups in total. The maximum absolute atomic E-state index is 4.80. The second-order valence-corrected chi connectivity index (χ2v) is 1.45. The summed E-state index contributed by atoms with van der Waals surface area (Å²) in [6, 6.07) is 0. The van der Waals surface area contributed by atoms with Crippen molar-refractivity contribution in [3.63, 3.8) is 0 Å². The van der Waals surface area contributed by atoms with E-state index in [0.29, 0.717) is 0 Å². The number of methoxy groups -OCH3 is 1. The summed E-state index contributed by atoms with van der Waals surface area (Å²) in [6.07, 6.45) is 1.10. The van der Waals surface area contributed by atoms with Crippen LogP contribution in [0.1, 0.15) is 6.42 Å². The van der Waals surface area contributed by atoms with Crippen molar-refractivity contribution in [3.8, 4) is 0 Å². The lowest BCUT2D eigenvalue weighted by molar-refractivity contribution is 0.195. The monoisotopic (exact) mass is 139 g/mol. The lowest BCUT2D eigenvalue weighted by atomic mass is 10.5. The molecule has 0 amide bonds. The number of rotatable bonds is 4. The SMILES string of the molecule is CNCCCOC.Cl. The van der Waals surface area contributed by atoms with E-state index < -0.39 is 0 Å². The van der Waals surface area contributed by atoms with Gasteiger partial charge in [0.2, 0.25) is 0 Å². The standard InChI is InChI=1S/C5H13NO.ClH/c1-6-4-3-5-7-2;/h6H,3-5H2,1-2H3;1H. The van der Waals surface area contributed by atoms with E-state index in [1.54, 1.807) is 7.11 Å². The number of nitrogens with one attached hydrogen (secondary N) is 1. The van der Waals surface area contributed by atoms with Crippen molar-refractivity contribution in [2.24, 2.45) is 0 Å². The van der Waals surface area contributed by atoms with Gasteiger partial charge in [0.25, 0.3) is 0 Å². The minimum atomic E-state index is 0. The lowest BCUT2D eigenvalue weighted by Crippen LogP contribution is -2.09. The molecule has 2 nitrogen and oxygen atoms in total. The van der Waals surface area contributed by atoms with E-state index in [9.17, 15) is 0 Å². The predicted octanol–water partition coefficient (Wildman–Crippen LogP) is 0.664. The van der Waals surface area contributed by atoms with Crippen LogP contribution in [0.25, 0.3) is 0 Å². The van der Waals surface area contributed by atoms with Crippen molar-refractivity contribution in [1.29, 1.82) is 0 Å². The Bertz CT molecular complexity index is 31.6. The van der Waals surface area contributed by atoms with Crippen molar-refractivity contribution in [1.82, 2.24) is 5.32 Å². The number of hydrogen-bond donors (Lipinski definition) is 1. The van der Waals surface area contributed by atoms with Gasteiger partial charge in [0.15, 0.2) is 0 Å². The van der Waals surface area contributed by atoms with E-state index in [1.165, 1.54) is 0 Å². The Morgan fingerprint density at radius 1 is 1.50 bits per heavy atom. The molecule has 0 aromatic rings. The summed E-state index contributed by atoms with van der Waals surface area (Å²) in [5, 5.41) is 3.02. The Balaban J connectivity index is 0. The molecule has 0 aliphatic carbocycles. The molecule has 0 spiro atoms. The zero-order valence-electron chi connectivity index (χ0n) is 5.44. The number of halogens is 1. The fourth-order valence-electron chi connectivity index (χ4n) is 0.393. The highest BCUT2D eigenvalue weighted by molar-refractivity contribution is 5.85. The van der Waals surface area contributed by atoms with Crippen LogP contribution >= 0.6 is 12.4 Å². The molecular formula is C5H14ClNO. The zero-order chi connectivity index (χ0) is 5.54. The number of ether oxygens (including phenoxy) is 1. The van der Waals surface area contributed by atoms with Gasteiger partial charge in [-0.25, -0.2) is 0 Å². The minimum absolute atomic E-state index is 0. The van der Waals surface area contributed by atoms with Crippen molar-refractivity contribution in [2.75, 3.05) is 27.3 Å². The Labute approximate surface area is 57.0 Å². The molecular weight excluding hydrogens is 126 g/mol. The van der Waals surface area contributed by atoms with Crippen molar-refractivity contribution in [3.05, 3.63) is 0 Å². The van der Waals surface area contributed by atoms with Gasteiger partial charge in [-0.05, 0) is 20.0 Å². The largest absolute Gasteiger partial charge is 0.385 e. The number of hydrogen-bond acceptors (Lipinski definition) is 2. The highest BCUT2D eigenvalue weighted by atomic mass is 35.5. The van der Waals surface area contributed by atoms with Gasteiger partial charge >= 0.3 is 0 Å². The van der Waals surface area contributed by atoms with Crippen molar-refractivity contribution in [2.45, 2.75) is 6.42 Å². The van der Waals surface area contributed by atoms with Crippen LogP contribution in [0.3, 0.4) is 0 Å². The molecule has 0 aromatic carbocycles.